The average molecular weight is 328 g/mol. The van der Waals surface area contributed by atoms with E-state index in [1.165, 1.54) is 18.6 Å². The first-order chi connectivity index (χ1) is 11.5. The van der Waals surface area contributed by atoms with Gasteiger partial charge in [0.2, 0.25) is 5.43 Å². The summed E-state index contributed by atoms with van der Waals surface area (Å²) in [5.74, 6) is -0.688. The maximum Gasteiger partial charge on any atom is 0.303 e. The molecule has 0 bridgehead atoms. The number of phenols is 1. The summed E-state index contributed by atoms with van der Waals surface area (Å²) < 4.78 is 5.76. The Balaban J connectivity index is 2.29. The van der Waals surface area contributed by atoms with E-state index in [0.29, 0.717) is 23.1 Å². The molecule has 3 N–H and O–H groups in total. The summed E-state index contributed by atoms with van der Waals surface area (Å²) >= 11 is 0. The summed E-state index contributed by atoms with van der Waals surface area (Å²) in [6, 6.07) is 3.01. The standard InChI is InChI=1S/C17H16N2O5/c1-2-9-5-10-14(6-12(9)20)24-13(3-4-15(21)22)16(17(10)23)11-7-18-8-19-11/h5-8,20H,2-4H2,1H3,(H,18,19)(H,21,22). The lowest BCUT2D eigenvalue weighted by atomic mass is 10.0. The van der Waals surface area contributed by atoms with E-state index in [0.717, 1.165) is 0 Å². The summed E-state index contributed by atoms with van der Waals surface area (Å²) in [5, 5.41) is 19.2. The Labute approximate surface area is 136 Å². The molecule has 3 rings (SSSR count). The number of rotatable bonds is 5. The maximum atomic E-state index is 12.9. The predicted octanol–water partition coefficient (Wildman–Crippen LogP) is 2.47. The Kier molecular flexibility index (Phi) is 4.07. The number of hydrogen-bond acceptors (Lipinski definition) is 5. The molecule has 1 aromatic carbocycles. The van der Waals surface area contributed by atoms with Crippen molar-refractivity contribution < 1.29 is 19.4 Å². The third-order valence-corrected chi connectivity index (χ3v) is 3.88. The van der Waals surface area contributed by atoms with Gasteiger partial charge in [0.25, 0.3) is 0 Å². The van der Waals surface area contributed by atoms with Crippen molar-refractivity contribution in [2.45, 2.75) is 26.2 Å². The molecule has 124 valence electrons. The lowest BCUT2D eigenvalue weighted by Crippen LogP contribution is -2.11. The lowest BCUT2D eigenvalue weighted by molar-refractivity contribution is -0.137. The highest BCUT2D eigenvalue weighted by atomic mass is 16.4. The number of carboxylic acids is 1. The number of carboxylic acid groups (broad SMARTS) is 1. The molecule has 2 aromatic heterocycles. The van der Waals surface area contributed by atoms with Crippen LogP contribution in [0.2, 0.25) is 0 Å². The molecule has 0 radical (unpaired) electrons. The molecule has 0 unspecified atom stereocenters. The molecule has 0 aliphatic carbocycles. The number of aromatic hydroxyl groups is 1. The molecule has 2 heterocycles. The fraction of sp³-hybridized carbons (Fsp3) is 0.235. The molecule has 0 saturated heterocycles. The monoisotopic (exact) mass is 328 g/mol. The van der Waals surface area contributed by atoms with Gasteiger partial charge in [-0.3, -0.25) is 9.59 Å². The summed E-state index contributed by atoms with van der Waals surface area (Å²) in [6.07, 6.45) is 3.39. The second kappa shape index (κ2) is 6.19. The molecular formula is C17H16N2O5. The van der Waals surface area contributed by atoms with Gasteiger partial charge < -0.3 is 19.6 Å². The van der Waals surface area contributed by atoms with Crippen molar-refractivity contribution in [2.75, 3.05) is 0 Å². The molecule has 0 spiro atoms. The van der Waals surface area contributed by atoms with Crippen LogP contribution in [0.5, 0.6) is 5.75 Å². The number of carbonyl (C=O) groups is 1. The Morgan fingerprint density at radius 3 is 2.79 bits per heavy atom. The van der Waals surface area contributed by atoms with Gasteiger partial charge >= 0.3 is 5.97 Å². The zero-order valence-electron chi connectivity index (χ0n) is 13.0. The summed E-state index contributed by atoms with van der Waals surface area (Å²) in [4.78, 5) is 30.6. The SMILES string of the molecule is CCc1cc2c(=O)c(-c3cnc[nH]3)c(CCC(=O)O)oc2cc1O. The van der Waals surface area contributed by atoms with Gasteiger partial charge in [-0.15, -0.1) is 0 Å². The first-order valence-electron chi connectivity index (χ1n) is 7.53. The summed E-state index contributed by atoms with van der Waals surface area (Å²) in [6.45, 7) is 1.87. The first kappa shape index (κ1) is 15.8. The van der Waals surface area contributed by atoms with Crippen LogP contribution >= 0.6 is 0 Å². The van der Waals surface area contributed by atoms with Crippen molar-refractivity contribution >= 4 is 16.9 Å². The minimum atomic E-state index is -0.988. The average Bonchev–Trinajstić information content (AvgIpc) is 3.06. The Morgan fingerprint density at radius 1 is 1.38 bits per heavy atom. The van der Waals surface area contributed by atoms with Crippen molar-refractivity contribution in [1.82, 2.24) is 9.97 Å². The molecule has 0 fully saturated rings. The van der Waals surface area contributed by atoms with E-state index in [1.54, 1.807) is 6.07 Å². The van der Waals surface area contributed by atoms with Crippen LogP contribution in [0.25, 0.3) is 22.2 Å². The molecule has 24 heavy (non-hydrogen) atoms. The van der Waals surface area contributed by atoms with E-state index in [-0.39, 0.29) is 40.9 Å². The Morgan fingerprint density at radius 2 is 2.17 bits per heavy atom. The van der Waals surface area contributed by atoms with Gasteiger partial charge in [-0.2, -0.15) is 0 Å². The third-order valence-electron chi connectivity index (χ3n) is 3.88. The van der Waals surface area contributed by atoms with E-state index in [9.17, 15) is 14.7 Å². The molecular weight excluding hydrogens is 312 g/mol. The minimum Gasteiger partial charge on any atom is -0.508 e. The third kappa shape index (κ3) is 2.76. The van der Waals surface area contributed by atoms with E-state index in [4.69, 9.17) is 9.52 Å². The van der Waals surface area contributed by atoms with Crippen LogP contribution in [0.4, 0.5) is 0 Å². The predicted molar refractivity (Wildman–Crippen MR) is 87.1 cm³/mol. The van der Waals surface area contributed by atoms with Gasteiger partial charge in [0.15, 0.2) is 0 Å². The van der Waals surface area contributed by atoms with Crippen LogP contribution in [0.3, 0.4) is 0 Å². The molecule has 3 aromatic rings. The van der Waals surface area contributed by atoms with Gasteiger partial charge in [0.1, 0.15) is 17.1 Å². The Hall–Kier alpha value is -3.09. The quantitative estimate of drug-likeness (QED) is 0.662. The van der Waals surface area contributed by atoms with Crippen molar-refractivity contribution in [2.24, 2.45) is 0 Å². The number of aromatic nitrogens is 2. The normalized spacial score (nSPS) is 11.0. The highest BCUT2D eigenvalue weighted by Crippen LogP contribution is 2.28. The van der Waals surface area contributed by atoms with Crippen molar-refractivity contribution in [1.29, 1.82) is 0 Å². The number of nitrogens with zero attached hydrogens (tertiary/aromatic N) is 1. The van der Waals surface area contributed by atoms with Gasteiger partial charge in [0, 0.05) is 12.5 Å². The zero-order chi connectivity index (χ0) is 17.3. The van der Waals surface area contributed by atoms with Gasteiger partial charge in [-0.1, -0.05) is 6.92 Å². The van der Waals surface area contributed by atoms with Crippen molar-refractivity contribution in [3.63, 3.8) is 0 Å². The number of aliphatic carboxylic acids is 1. The molecule has 0 saturated carbocycles. The topological polar surface area (TPSA) is 116 Å². The van der Waals surface area contributed by atoms with Gasteiger partial charge in [-0.05, 0) is 18.1 Å². The number of aromatic amines is 1. The van der Waals surface area contributed by atoms with Gasteiger partial charge in [-0.25, -0.2) is 4.98 Å². The number of nitrogens with one attached hydrogen (secondary N) is 1. The number of phenolic OH excluding ortho intramolecular Hbond substituents is 1. The first-order valence-corrected chi connectivity index (χ1v) is 7.53. The fourth-order valence-electron chi connectivity index (χ4n) is 2.67. The summed E-state index contributed by atoms with van der Waals surface area (Å²) in [7, 11) is 0. The molecule has 0 aliphatic heterocycles. The van der Waals surface area contributed by atoms with E-state index >= 15 is 0 Å². The highest BCUT2D eigenvalue weighted by molar-refractivity contribution is 5.84. The smallest absolute Gasteiger partial charge is 0.303 e. The molecule has 7 nitrogen and oxygen atoms in total. The number of aryl methyl sites for hydroxylation is 2. The van der Waals surface area contributed by atoms with Crippen LogP contribution in [0, 0.1) is 0 Å². The van der Waals surface area contributed by atoms with Crippen LogP contribution in [0.1, 0.15) is 24.7 Å². The molecule has 7 heteroatoms. The van der Waals surface area contributed by atoms with Gasteiger partial charge in [0.05, 0.1) is 35.6 Å². The van der Waals surface area contributed by atoms with Crippen molar-refractivity contribution in [3.8, 4) is 17.0 Å². The van der Waals surface area contributed by atoms with Crippen molar-refractivity contribution in [3.05, 3.63) is 46.2 Å². The van der Waals surface area contributed by atoms with E-state index < -0.39 is 5.97 Å². The fourth-order valence-corrected chi connectivity index (χ4v) is 2.67. The number of H-pyrrole nitrogens is 1. The van der Waals surface area contributed by atoms with Crippen LogP contribution in [0.15, 0.2) is 33.9 Å². The van der Waals surface area contributed by atoms with Crippen LogP contribution in [-0.2, 0) is 17.6 Å². The molecule has 0 amide bonds. The molecule has 0 atom stereocenters. The number of benzene rings is 1. The maximum absolute atomic E-state index is 12.9. The van der Waals surface area contributed by atoms with Crippen LogP contribution in [-0.4, -0.2) is 26.2 Å². The van der Waals surface area contributed by atoms with Crippen LogP contribution < -0.4 is 5.43 Å². The number of fused-ring (bicyclic) bond motifs is 1. The molecule has 0 aliphatic rings. The minimum absolute atomic E-state index is 0.0478. The lowest BCUT2D eigenvalue weighted by Gasteiger charge is -2.10. The number of hydrogen-bond donors (Lipinski definition) is 3. The van der Waals surface area contributed by atoms with E-state index in [2.05, 4.69) is 9.97 Å². The second-order valence-electron chi connectivity index (χ2n) is 5.42. The largest absolute Gasteiger partial charge is 0.508 e. The second-order valence-corrected chi connectivity index (χ2v) is 5.42. The number of imidazole rings is 1. The summed E-state index contributed by atoms with van der Waals surface area (Å²) in [5.41, 5.74) is 1.34. The Bertz CT molecular complexity index is 957. The van der Waals surface area contributed by atoms with E-state index in [1.807, 2.05) is 6.92 Å². The zero-order valence-corrected chi connectivity index (χ0v) is 13.0. The highest BCUT2D eigenvalue weighted by Gasteiger charge is 2.19.